The van der Waals surface area contributed by atoms with Crippen molar-refractivity contribution < 1.29 is 9.00 Å². The molecule has 0 saturated carbocycles. The maximum atomic E-state index is 12.6. The van der Waals surface area contributed by atoms with E-state index >= 15 is 0 Å². The van der Waals surface area contributed by atoms with Crippen molar-refractivity contribution in [2.45, 2.75) is 44.1 Å². The van der Waals surface area contributed by atoms with Crippen LogP contribution in [0.25, 0.3) is 0 Å². The van der Waals surface area contributed by atoms with Crippen molar-refractivity contribution in [3.63, 3.8) is 0 Å². The zero-order valence-corrected chi connectivity index (χ0v) is 19.9. The van der Waals surface area contributed by atoms with E-state index in [1.165, 1.54) is 5.56 Å². The number of rotatable bonds is 5. The van der Waals surface area contributed by atoms with Crippen LogP contribution in [0.2, 0.25) is 5.02 Å². The van der Waals surface area contributed by atoms with E-state index in [9.17, 15) is 9.00 Å². The molecule has 0 radical (unpaired) electrons. The second-order valence-electron chi connectivity index (χ2n) is 8.66. The van der Waals surface area contributed by atoms with Crippen LogP contribution < -0.4 is 5.73 Å². The van der Waals surface area contributed by atoms with E-state index in [0.29, 0.717) is 48.2 Å². The molecule has 172 valence electrons. The number of hydrogen-bond donors (Lipinski definition) is 1. The fraction of sp³-hybridized carbons (Fsp3) is 0.522. The van der Waals surface area contributed by atoms with Crippen LogP contribution in [-0.2, 0) is 15.6 Å². The van der Waals surface area contributed by atoms with Crippen LogP contribution in [-0.4, -0.2) is 70.6 Å². The van der Waals surface area contributed by atoms with Gasteiger partial charge in [-0.3, -0.25) is 14.0 Å². The van der Waals surface area contributed by atoms with Gasteiger partial charge in [0, 0.05) is 50.3 Å². The zero-order chi connectivity index (χ0) is 22.7. The van der Waals surface area contributed by atoms with Crippen LogP contribution in [0.5, 0.6) is 0 Å². The lowest BCUT2D eigenvalue weighted by molar-refractivity contribution is -0.132. The summed E-state index contributed by atoms with van der Waals surface area (Å²) >= 11 is 6.00. The van der Waals surface area contributed by atoms with Gasteiger partial charge < -0.3 is 15.5 Å². The summed E-state index contributed by atoms with van der Waals surface area (Å²) in [5.74, 6) is 1.50. The predicted octanol–water partition coefficient (Wildman–Crippen LogP) is 2.89. The summed E-state index contributed by atoms with van der Waals surface area (Å²) < 4.78 is 12.6. The summed E-state index contributed by atoms with van der Waals surface area (Å²) in [6.07, 6.45) is 5.77. The normalized spacial score (nSPS) is 25.9. The molecule has 0 bridgehead atoms. The molecule has 0 aliphatic carbocycles. The van der Waals surface area contributed by atoms with Gasteiger partial charge in [0.1, 0.15) is 10.7 Å². The van der Waals surface area contributed by atoms with E-state index in [4.69, 9.17) is 17.3 Å². The highest BCUT2D eigenvalue weighted by atomic mass is 35.5. The molecule has 2 fully saturated rings. The third-order valence-electron chi connectivity index (χ3n) is 6.42. The van der Waals surface area contributed by atoms with Crippen molar-refractivity contribution in [1.29, 1.82) is 0 Å². The molecular formula is C23H30ClN5O2S. The smallest absolute Gasteiger partial charge is 0.222 e. The fourth-order valence-electron chi connectivity index (χ4n) is 4.51. The maximum absolute atomic E-state index is 12.6. The molecular weight excluding hydrogens is 446 g/mol. The molecule has 1 amide bonds. The molecule has 0 spiro atoms. The van der Waals surface area contributed by atoms with E-state index in [2.05, 4.69) is 27.0 Å². The Bertz CT molecular complexity index is 967. The first kappa shape index (κ1) is 23.0. The van der Waals surface area contributed by atoms with E-state index in [1.807, 2.05) is 18.5 Å². The van der Waals surface area contributed by atoms with Crippen molar-refractivity contribution in [1.82, 2.24) is 9.80 Å². The van der Waals surface area contributed by atoms with Crippen LogP contribution in [0.15, 0.2) is 44.9 Å². The molecule has 1 aromatic carbocycles. The molecule has 3 aliphatic rings. The Labute approximate surface area is 196 Å². The largest absolute Gasteiger partial charge is 0.383 e. The first-order chi connectivity index (χ1) is 15.4. The highest BCUT2D eigenvalue weighted by molar-refractivity contribution is 7.90. The van der Waals surface area contributed by atoms with Gasteiger partial charge in [-0.15, -0.1) is 0 Å². The molecule has 9 heteroatoms. The lowest BCUT2D eigenvalue weighted by atomic mass is 9.90. The van der Waals surface area contributed by atoms with Crippen molar-refractivity contribution in [2.75, 3.05) is 32.4 Å². The Morgan fingerprint density at radius 2 is 1.91 bits per heavy atom. The van der Waals surface area contributed by atoms with Gasteiger partial charge in [-0.25, -0.2) is 4.99 Å². The predicted molar refractivity (Wildman–Crippen MR) is 130 cm³/mol. The second kappa shape index (κ2) is 10.2. The monoisotopic (exact) mass is 475 g/mol. The summed E-state index contributed by atoms with van der Waals surface area (Å²) in [6, 6.07) is 8.08. The van der Waals surface area contributed by atoms with Gasteiger partial charge in [0.15, 0.2) is 0 Å². The van der Waals surface area contributed by atoms with Crippen LogP contribution in [0.4, 0.5) is 0 Å². The summed E-state index contributed by atoms with van der Waals surface area (Å²) in [6.45, 7) is 2.39. The van der Waals surface area contributed by atoms with Crippen molar-refractivity contribution >= 4 is 40.5 Å². The number of piperidine rings is 2. The van der Waals surface area contributed by atoms with Crippen molar-refractivity contribution in [3.05, 3.63) is 45.5 Å². The number of likely N-dealkylation sites (N-methyl/N-ethyl adjacent to an activating group) is 1. The van der Waals surface area contributed by atoms with Gasteiger partial charge in [0.05, 0.1) is 28.9 Å². The molecule has 32 heavy (non-hydrogen) atoms. The van der Waals surface area contributed by atoms with Gasteiger partial charge in [-0.05, 0) is 42.9 Å². The number of hydrogen-bond acceptors (Lipinski definition) is 4. The van der Waals surface area contributed by atoms with Crippen LogP contribution in [0.3, 0.4) is 0 Å². The lowest BCUT2D eigenvalue weighted by Gasteiger charge is -2.30. The van der Waals surface area contributed by atoms with E-state index < -0.39 is 10.8 Å². The first-order valence-corrected chi connectivity index (χ1v) is 12.8. The third-order valence-corrected chi connectivity index (χ3v) is 8.14. The molecule has 1 unspecified atom stereocenters. The van der Waals surface area contributed by atoms with E-state index in [1.54, 1.807) is 11.9 Å². The number of benzene rings is 1. The van der Waals surface area contributed by atoms with Gasteiger partial charge >= 0.3 is 0 Å². The third kappa shape index (κ3) is 5.41. The van der Waals surface area contributed by atoms with Crippen molar-refractivity contribution in [2.24, 2.45) is 15.7 Å². The summed E-state index contributed by atoms with van der Waals surface area (Å²) in [7, 11) is 0.597. The summed E-state index contributed by atoms with van der Waals surface area (Å²) in [5.41, 5.74) is 8.37. The number of amides is 1. The molecule has 4 rings (SSSR count). The number of amidine groups is 1. The van der Waals surface area contributed by atoms with Gasteiger partial charge in [-0.2, -0.15) is 0 Å². The lowest BCUT2D eigenvalue weighted by Crippen LogP contribution is -2.39. The molecule has 0 aromatic heterocycles. The van der Waals surface area contributed by atoms with Crippen LogP contribution in [0, 0.1) is 0 Å². The Morgan fingerprint density at radius 3 is 2.59 bits per heavy atom. The number of likely N-dealkylation sites (tertiary alicyclic amines) is 2. The van der Waals surface area contributed by atoms with Crippen LogP contribution in [0.1, 0.15) is 43.6 Å². The molecule has 3 aliphatic heterocycles. The highest BCUT2D eigenvalue weighted by Crippen LogP contribution is 2.29. The second-order valence-corrected chi connectivity index (χ2v) is 10.6. The fourth-order valence-corrected chi connectivity index (χ4v) is 5.92. The maximum Gasteiger partial charge on any atom is 0.222 e. The Morgan fingerprint density at radius 1 is 1.19 bits per heavy atom. The topological polar surface area (TPSA) is 91.4 Å². The number of allylic oxidation sites excluding steroid dienone is 1. The molecule has 3 heterocycles. The standard InChI is InChI=1S/C23H30ClN5O2S/c1-28-14-19(6-7-21(28)30)27-23(25)22-20(10-13-32(22)31)26-15-29-11-8-17(9-12-29)16-2-4-18(24)5-3-16/h2-5,15,17,19H,6-14H2,1H3,(H2,25,27)/t19-,32?/m0/s1. The number of halogens is 1. The first-order valence-electron chi connectivity index (χ1n) is 11.1. The Hall–Kier alpha value is -2.19. The average molecular weight is 476 g/mol. The Kier molecular flexibility index (Phi) is 7.30. The average Bonchev–Trinajstić information content (AvgIpc) is 3.16. The van der Waals surface area contributed by atoms with Gasteiger partial charge in [0.25, 0.3) is 0 Å². The minimum absolute atomic E-state index is 0.0556. The van der Waals surface area contributed by atoms with E-state index in [-0.39, 0.29) is 11.9 Å². The van der Waals surface area contributed by atoms with Gasteiger partial charge in [0.2, 0.25) is 5.91 Å². The zero-order valence-electron chi connectivity index (χ0n) is 18.4. The summed E-state index contributed by atoms with van der Waals surface area (Å²) in [5, 5.41) is 0.767. The minimum Gasteiger partial charge on any atom is -0.383 e. The highest BCUT2D eigenvalue weighted by Gasteiger charge is 2.28. The number of carbonyl (C=O) groups is 1. The number of nitrogens with two attached hydrogens (primary N) is 1. The van der Waals surface area contributed by atoms with E-state index in [0.717, 1.165) is 36.7 Å². The molecule has 7 nitrogen and oxygen atoms in total. The SMILES string of the molecule is CN1C[C@@H](N=C(N)C2=C(N=CN3CCC(c4ccc(Cl)cc4)CC3)CCS2=O)CCC1=O. The summed E-state index contributed by atoms with van der Waals surface area (Å²) in [4.78, 5) is 25.4. The number of carbonyl (C=O) groups excluding carboxylic acids is 1. The molecule has 2 N–H and O–H groups in total. The molecule has 1 aromatic rings. The van der Waals surface area contributed by atoms with Crippen molar-refractivity contribution in [3.8, 4) is 0 Å². The molecule has 2 saturated heterocycles. The van der Waals surface area contributed by atoms with Crippen LogP contribution >= 0.6 is 11.6 Å². The number of aliphatic imine (C=N–C) groups is 2. The molecule has 2 atom stereocenters. The number of nitrogens with zero attached hydrogens (tertiary/aromatic N) is 4. The quantitative estimate of drug-likeness (QED) is 0.523. The van der Waals surface area contributed by atoms with Gasteiger partial charge in [-0.1, -0.05) is 23.7 Å². The Balaban J connectivity index is 1.39. The minimum atomic E-state index is -1.18.